The Morgan fingerprint density at radius 3 is 1.90 bits per heavy atom. The third-order valence-corrected chi connectivity index (χ3v) is 4.21. The third-order valence-electron chi connectivity index (χ3n) is 4.21. The molecule has 7 heteroatoms. The van der Waals surface area contributed by atoms with Crippen LogP contribution >= 0.6 is 0 Å². The molecular weight excluding hydrogens is 374 g/mol. The predicted molar refractivity (Wildman–Crippen MR) is 107 cm³/mol. The lowest BCUT2D eigenvalue weighted by Crippen LogP contribution is -2.36. The van der Waals surface area contributed by atoms with Gasteiger partial charge in [-0.3, -0.25) is 9.59 Å². The van der Waals surface area contributed by atoms with Gasteiger partial charge in [0, 0.05) is 13.1 Å². The van der Waals surface area contributed by atoms with Crippen molar-refractivity contribution in [3.63, 3.8) is 0 Å². The smallest absolute Gasteiger partial charge is 0.410 e. The molecule has 2 rings (SSSR count). The first-order chi connectivity index (χ1) is 13.4. The average Bonchev–Trinajstić information content (AvgIpc) is 3.03. The van der Waals surface area contributed by atoms with Crippen molar-refractivity contribution in [2.45, 2.75) is 59.4 Å². The largest absolute Gasteiger partial charge is 0.461 e. The van der Waals surface area contributed by atoms with E-state index in [1.54, 1.807) is 41.5 Å². The molecule has 1 saturated heterocycles. The minimum Gasteiger partial charge on any atom is -0.461 e. The van der Waals surface area contributed by atoms with Crippen LogP contribution in [0.15, 0.2) is 30.3 Å². The van der Waals surface area contributed by atoms with Gasteiger partial charge in [0.15, 0.2) is 0 Å². The zero-order valence-corrected chi connectivity index (χ0v) is 18.1. The molecule has 7 nitrogen and oxygen atoms in total. The van der Waals surface area contributed by atoms with Crippen molar-refractivity contribution in [1.82, 2.24) is 4.90 Å². The van der Waals surface area contributed by atoms with Crippen LogP contribution in [0, 0.1) is 11.8 Å². The third kappa shape index (κ3) is 7.07. The van der Waals surface area contributed by atoms with Gasteiger partial charge in [0.05, 0.1) is 11.8 Å². The van der Waals surface area contributed by atoms with E-state index >= 15 is 0 Å². The molecule has 1 aromatic carbocycles. The van der Waals surface area contributed by atoms with Crippen molar-refractivity contribution >= 4 is 18.0 Å². The zero-order valence-electron chi connectivity index (χ0n) is 18.1. The first-order valence-electron chi connectivity index (χ1n) is 9.77. The van der Waals surface area contributed by atoms with Gasteiger partial charge in [-0.25, -0.2) is 4.79 Å². The minimum absolute atomic E-state index is 0.0481. The van der Waals surface area contributed by atoms with E-state index in [0.29, 0.717) is 0 Å². The molecule has 29 heavy (non-hydrogen) atoms. The summed E-state index contributed by atoms with van der Waals surface area (Å²) in [5.74, 6) is -2.66. The Labute approximate surface area is 172 Å². The molecule has 0 saturated carbocycles. The number of hydrogen-bond acceptors (Lipinski definition) is 6. The molecule has 0 aliphatic carbocycles. The van der Waals surface area contributed by atoms with Crippen LogP contribution in [0.4, 0.5) is 4.79 Å². The standard InChI is InChI=1S/C22H31NO6/c1-21(2,3)28-19(25)17-13-23(20(26)29-22(4,5)6)12-16(17)18(24)27-14-15-10-8-7-9-11-15/h7-11,16-17H,12-14H2,1-6H3/t16-,17-/m0/s1. The van der Waals surface area contributed by atoms with Crippen LogP contribution in [-0.4, -0.2) is 47.2 Å². The summed E-state index contributed by atoms with van der Waals surface area (Å²) in [6.07, 6.45) is -0.565. The molecule has 0 N–H and O–H groups in total. The lowest BCUT2D eigenvalue weighted by molar-refractivity contribution is -0.166. The van der Waals surface area contributed by atoms with Gasteiger partial charge >= 0.3 is 18.0 Å². The van der Waals surface area contributed by atoms with Crippen LogP contribution in [0.5, 0.6) is 0 Å². The number of amides is 1. The highest BCUT2D eigenvalue weighted by atomic mass is 16.6. The molecule has 1 heterocycles. The Kier molecular flexibility index (Phi) is 6.93. The van der Waals surface area contributed by atoms with Crippen molar-refractivity contribution < 1.29 is 28.6 Å². The van der Waals surface area contributed by atoms with Crippen LogP contribution in [0.25, 0.3) is 0 Å². The summed E-state index contributed by atoms with van der Waals surface area (Å²) in [5, 5.41) is 0. The van der Waals surface area contributed by atoms with Crippen LogP contribution in [-0.2, 0) is 30.4 Å². The Morgan fingerprint density at radius 1 is 0.862 bits per heavy atom. The van der Waals surface area contributed by atoms with Gasteiger partial charge in [-0.2, -0.15) is 0 Å². The Bertz CT molecular complexity index is 732. The van der Waals surface area contributed by atoms with Crippen molar-refractivity contribution in [1.29, 1.82) is 0 Å². The van der Waals surface area contributed by atoms with Gasteiger partial charge in [0.2, 0.25) is 0 Å². The van der Waals surface area contributed by atoms with Crippen LogP contribution in [0.3, 0.4) is 0 Å². The summed E-state index contributed by atoms with van der Waals surface area (Å²) in [7, 11) is 0. The summed E-state index contributed by atoms with van der Waals surface area (Å²) in [5.41, 5.74) is -0.532. The summed E-state index contributed by atoms with van der Waals surface area (Å²) in [6, 6.07) is 9.28. The quantitative estimate of drug-likeness (QED) is 0.563. The first-order valence-corrected chi connectivity index (χ1v) is 9.77. The molecule has 160 valence electrons. The van der Waals surface area contributed by atoms with Gasteiger partial charge in [-0.1, -0.05) is 30.3 Å². The van der Waals surface area contributed by atoms with Crippen LogP contribution in [0.1, 0.15) is 47.1 Å². The van der Waals surface area contributed by atoms with Gasteiger partial charge in [0.25, 0.3) is 0 Å². The molecule has 0 unspecified atom stereocenters. The Balaban J connectivity index is 2.12. The van der Waals surface area contributed by atoms with E-state index in [4.69, 9.17) is 14.2 Å². The molecule has 1 aromatic rings. The summed E-state index contributed by atoms with van der Waals surface area (Å²) >= 11 is 0. The number of hydrogen-bond donors (Lipinski definition) is 0. The van der Waals surface area contributed by atoms with Gasteiger partial charge in [-0.05, 0) is 47.1 Å². The number of esters is 2. The molecule has 1 amide bonds. The number of rotatable bonds is 4. The molecule has 0 aromatic heterocycles. The SMILES string of the molecule is CC(C)(C)OC(=O)[C@H]1CN(C(=O)OC(C)(C)C)C[C@@H]1C(=O)OCc1ccccc1. The van der Waals surface area contributed by atoms with Crippen molar-refractivity contribution in [3.8, 4) is 0 Å². The fourth-order valence-electron chi connectivity index (χ4n) is 2.97. The number of benzene rings is 1. The summed E-state index contributed by atoms with van der Waals surface area (Å²) in [4.78, 5) is 39.3. The van der Waals surface area contributed by atoms with E-state index in [1.165, 1.54) is 4.90 Å². The van der Waals surface area contributed by atoms with Crippen molar-refractivity contribution in [2.75, 3.05) is 13.1 Å². The first kappa shape index (κ1) is 22.7. The number of nitrogens with zero attached hydrogens (tertiary/aromatic N) is 1. The van der Waals surface area contributed by atoms with E-state index in [2.05, 4.69) is 0 Å². The maximum atomic E-state index is 12.7. The second-order valence-corrected chi connectivity index (χ2v) is 9.23. The van der Waals surface area contributed by atoms with Crippen LogP contribution < -0.4 is 0 Å². The van der Waals surface area contributed by atoms with Crippen LogP contribution in [0.2, 0.25) is 0 Å². The van der Waals surface area contributed by atoms with E-state index < -0.39 is 41.1 Å². The number of ether oxygens (including phenoxy) is 3. The number of likely N-dealkylation sites (tertiary alicyclic amines) is 1. The fourth-order valence-corrected chi connectivity index (χ4v) is 2.97. The van der Waals surface area contributed by atoms with E-state index in [9.17, 15) is 14.4 Å². The Hall–Kier alpha value is -2.57. The number of carbonyl (C=O) groups is 3. The maximum Gasteiger partial charge on any atom is 0.410 e. The van der Waals surface area contributed by atoms with E-state index in [0.717, 1.165) is 5.56 Å². The van der Waals surface area contributed by atoms with E-state index in [-0.39, 0.29) is 19.7 Å². The second-order valence-electron chi connectivity index (χ2n) is 9.23. The van der Waals surface area contributed by atoms with Gasteiger partial charge < -0.3 is 19.1 Å². The van der Waals surface area contributed by atoms with Gasteiger partial charge in [-0.15, -0.1) is 0 Å². The molecule has 1 aliphatic rings. The normalized spacial score (nSPS) is 19.6. The average molecular weight is 405 g/mol. The summed E-state index contributed by atoms with van der Waals surface area (Å²) < 4.78 is 16.3. The maximum absolute atomic E-state index is 12.7. The minimum atomic E-state index is -0.805. The molecule has 2 atom stereocenters. The topological polar surface area (TPSA) is 82.1 Å². The summed E-state index contributed by atoms with van der Waals surface area (Å²) in [6.45, 7) is 10.8. The molecular formula is C22H31NO6. The molecule has 1 fully saturated rings. The zero-order chi connectivity index (χ0) is 21.8. The van der Waals surface area contributed by atoms with E-state index in [1.807, 2.05) is 30.3 Å². The Morgan fingerprint density at radius 2 is 1.38 bits per heavy atom. The molecule has 0 radical (unpaired) electrons. The predicted octanol–water partition coefficient (Wildman–Crippen LogP) is 3.55. The highest BCUT2D eigenvalue weighted by molar-refractivity contribution is 5.85. The molecule has 0 bridgehead atoms. The van der Waals surface area contributed by atoms with Crippen molar-refractivity contribution in [2.24, 2.45) is 11.8 Å². The number of carbonyl (C=O) groups excluding carboxylic acids is 3. The highest BCUT2D eigenvalue weighted by Gasteiger charge is 2.47. The molecule has 1 aliphatic heterocycles. The van der Waals surface area contributed by atoms with Gasteiger partial charge in [0.1, 0.15) is 17.8 Å². The fraction of sp³-hybridized carbons (Fsp3) is 0.591. The second kappa shape index (κ2) is 8.84. The molecule has 0 spiro atoms. The monoisotopic (exact) mass is 405 g/mol. The lowest BCUT2D eigenvalue weighted by Gasteiger charge is -2.25. The highest BCUT2D eigenvalue weighted by Crippen LogP contribution is 2.29. The van der Waals surface area contributed by atoms with Crippen molar-refractivity contribution in [3.05, 3.63) is 35.9 Å². The lowest BCUT2D eigenvalue weighted by atomic mass is 9.96.